The first-order valence-electron chi connectivity index (χ1n) is 8.71. The van der Waals surface area contributed by atoms with Crippen LogP contribution in [0.3, 0.4) is 0 Å². The smallest absolute Gasteiger partial charge is 0.287 e. The number of hydrogen-bond donors (Lipinski definition) is 1. The Morgan fingerprint density at radius 2 is 2.08 bits per heavy atom. The van der Waals surface area contributed by atoms with Gasteiger partial charge in [-0.25, -0.2) is 0 Å². The summed E-state index contributed by atoms with van der Waals surface area (Å²) in [6.45, 7) is 4.16. The first kappa shape index (κ1) is 16.6. The van der Waals surface area contributed by atoms with Crippen LogP contribution < -0.4 is 5.32 Å². The molecule has 0 spiro atoms. The predicted octanol–water partition coefficient (Wildman–Crippen LogP) is 2.71. The monoisotopic (exact) mass is 356 g/mol. The van der Waals surface area contributed by atoms with Crippen molar-refractivity contribution in [1.82, 2.24) is 20.6 Å². The molecular formula is C18H20N4O4. The number of rotatable bonds is 7. The fourth-order valence-electron chi connectivity index (χ4n) is 2.76. The second kappa shape index (κ2) is 6.78. The summed E-state index contributed by atoms with van der Waals surface area (Å²) in [4.78, 5) is 16.5. The lowest BCUT2D eigenvalue weighted by atomic mass is 10.1. The van der Waals surface area contributed by atoms with Gasteiger partial charge in [-0.3, -0.25) is 4.79 Å². The molecule has 1 aliphatic rings. The lowest BCUT2D eigenvalue weighted by Crippen LogP contribution is -2.25. The van der Waals surface area contributed by atoms with Gasteiger partial charge >= 0.3 is 0 Å². The molecule has 8 heteroatoms. The summed E-state index contributed by atoms with van der Waals surface area (Å²) in [6.07, 6.45) is 3.30. The summed E-state index contributed by atoms with van der Waals surface area (Å²) in [5, 5.41) is 10.7. The molecule has 1 aliphatic carbocycles. The second-order valence-corrected chi connectivity index (χ2v) is 6.57. The fourth-order valence-corrected chi connectivity index (χ4v) is 2.76. The maximum Gasteiger partial charge on any atom is 0.287 e. The SMILES string of the molecule is Cc1noc(C)c1Cc1ccc(C(=O)NCCc2noc(C3CC3)n2)o1. The van der Waals surface area contributed by atoms with E-state index in [0.29, 0.717) is 42.8 Å². The molecule has 8 nitrogen and oxygen atoms in total. The predicted molar refractivity (Wildman–Crippen MR) is 89.8 cm³/mol. The molecule has 0 atom stereocenters. The molecule has 0 aliphatic heterocycles. The number of carbonyl (C=O) groups excluding carboxylic acids is 1. The molecule has 0 saturated heterocycles. The van der Waals surface area contributed by atoms with Crippen molar-refractivity contribution in [2.75, 3.05) is 6.54 Å². The topological polar surface area (TPSA) is 107 Å². The van der Waals surface area contributed by atoms with Crippen molar-refractivity contribution in [3.8, 4) is 0 Å². The quantitative estimate of drug-likeness (QED) is 0.693. The van der Waals surface area contributed by atoms with E-state index in [1.165, 1.54) is 0 Å². The van der Waals surface area contributed by atoms with Gasteiger partial charge in [0.25, 0.3) is 5.91 Å². The van der Waals surface area contributed by atoms with E-state index in [0.717, 1.165) is 29.9 Å². The van der Waals surface area contributed by atoms with E-state index in [1.54, 1.807) is 12.1 Å². The Hall–Kier alpha value is -2.90. The third-order valence-corrected chi connectivity index (χ3v) is 4.46. The number of hydrogen-bond acceptors (Lipinski definition) is 7. The number of nitrogens with zero attached hydrogens (tertiary/aromatic N) is 3. The van der Waals surface area contributed by atoms with Crippen molar-refractivity contribution < 1.29 is 18.3 Å². The van der Waals surface area contributed by atoms with Crippen molar-refractivity contribution in [3.63, 3.8) is 0 Å². The lowest BCUT2D eigenvalue weighted by molar-refractivity contribution is 0.0924. The minimum Gasteiger partial charge on any atom is -0.456 e. The average Bonchev–Trinajstić information content (AvgIpc) is 3.05. The van der Waals surface area contributed by atoms with Gasteiger partial charge < -0.3 is 18.8 Å². The summed E-state index contributed by atoms with van der Waals surface area (Å²) < 4.78 is 16.0. The fraction of sp³-hybridized carbons (Fsp3) is 0.444. The number of aryl methyl sites for hydroxylation is 2. The molecule has 0 aromatic carbocycles. The molecular weight excluding hydrogens is 336 g/mol. The maximum absolute atomic E-state index is 12.2. The summed E-state index contributed by atoms with van der Waals surface area (Å²) >= 11 is 0. The molecule has 1 fully saturated rings. The van der Waals surface area contributed by atoms with Crippen LogP contribution in [0.1, 0.15) is 63.8 Å². The molecule has 3 aromatic heterocycles. The molecule has 0 bridgehead atoms. The van der Waals surface area contributed by atoms with Crippen LogP contribution in [0.4, 0.5) is 0 Å². The second-order valence-electron chi connectivity index (χ2n) is 6.57. The third kappa shape index (κ3) is 3.54. The molecule has 4 rings (SSSR count). The first-order chi connectivity index (χ1) is 12.6. The minimum atomic E-state index is -0.263. The zero-order valence-electron chi connectivity index (χ0n) is 14.7. The van der Waals surface area contributed by atoms with Gasteiger partial charge in [0, 0.05) is 30.9 Å². The molecule has 26 heavy (non-hydrogen) atoms. The minimum absolute atomic E-state index is 0.263. The highest BCUT2D eigenvalue weighted by Gasteiger charge is 2.29. The first-order valence-corrected chi connectivity index (χ1v) is 8.71. The summed E-state index contributed by atoms with van der Waals surface area (Å²) in [5.41, 5.74) is 1.81. The molecule has 3 aromatic rings. The summed E-state index contributed by atoms with van der Waals surface area (Å²) in [7, 11) is 0. The maximum atomic E-state index is 12.2. The Bertz CT molecular complexity index is 900. The molecule has 0 unspecified atom stereocenters. The van der Waals surface area contributed by atoms with Crippen molar-refractivity contribution in [1.29, 1.82) is 0 Å². The summed E-state index contributed by atoms with van der Waals surface area (Å²) in [6, 6.07) is 3.46. The van der Waals surface area contributed by atoms with Gasteiger partial charge in [0.2, 0.25) is 5.89 Å². The highest BCUT2D eigenvalue weighted by molar-refractivity contribution is 5.91. The van der Waals surface area contributed by atoms with Crippen molar-refractivity contribution >= 4 is 5.91 Å². The van der Waals surface area contributed by atoms with Crippen LogP contribution in [0, 0.1) is 13.8 Å². The lowest BCUT2D eigenvalue weighted by Gasteiger charge is -2.01. The van der Waals surface area contributed by atoms with Crippen LogP contribution in [-0.4, -0.2) is 27.7 Å². The summed E-state index contributed by atoms with van der Waals surface area (Å²) in [5.74, 6) is 3.23. The van der Waals surface area contributed by atoms with Gasteiger partial charge in [0.15, 0.2) is 11.6 Å². The van der Waals surface area contributed by atoms with E-state index in [1.807, 2.05) is 13.8 Å². The average molecular weight is 356 g/mol. The van der Waals surface area contributed by atoms with E-state index in [4.69, 9.17) is 13.5 Å². The largest absolute Gasteiger partial charge is 0.456 e. The number of nitrogens with one attached hydrogen (secondary N) is 1. The zero-order chi connectivity index (χ0) is 18.1. The van der Waals surface area contributed by atoms with Gasteiger partial charge in [-0.15, -0.1) is 0 Å². The molecule has 0 radical (unpaired) electrons. The van der Waals surface area contributed by atoms with Crippen LogP contribution in [-0.2, 0) is 12.8 Å². The van der Waals surface area contributed by atoms with Crippen molar-refractivity contribution in [2.24, 2.45) is 0 Å². The molecule has 3 heterocycles. The van der Waals surface area contributed by atoms with Crippen LogP contribution in [0.5, 0.6) is 0 Å². The number of amides is 1. The number of carbonyl (C=O) groups is 1. The third-order valence-electron chi connectivity index (χ3n) is 4.46. The Morgan fingerprint density at radius 3 is 2.81 bits per heavy atom. The Balaban J connectivity index is 1.30. The van der Waals surface area contributed by atoms with Gasteiger partial charge in [-0.1, -0.05) is 10.3 Å². The molecule has 1 amide bonds. The highest BCUT2D eigenvalue weighted by atomic mass is 16.5. The van der Waals surface area contributed by atoms with E-state index >= 15 is 0 Å². The Kier molecular flexibility index (Phi) is 4.32. The van der Waals surface area contributed by atoms with E-state index in [9.17, 15) is 4.79 Å². The van der Waals surface area contributed by atoms with Gasteiger partial charge in [-0.2, -0.15) is 4.98 Å². The van der Waals surface area contributed by atoms with Crippen molar-refractivity contribution in [3.05, 3.63) is 52.4 Å². The van der Waals surface area contributed by atoms with Crippen LogP contribution in [0.2, 0.25) is 0 Å². The molecule has 1 saturated carbocycles. The number of aromatic nitrogens is 3. The molecule has 136 valence electrons. The molecule has 1 N–H and O–H groups in total. The van der Waals surface area contributed by atoms with Gasteiger partial charge in [0.1, 0.15) is 11.5 Å². The zero-order valence-corrected chi connectivity index (χ0v) is 14.7. The van der Waals surface area contributed by atoms with Crippen molar-refractivity contribution in [2.45, 2.75) is 45.4 Å². The van der Waals surface area contributed by atoms with Gasteiger partial charge in [0.05, 0.1) is 5.69 Å². The van der Waals surface area contributed by atoms with E-state index in [-0.39, 0.29) is 11.7 Å². The van der Waals surface area contributed by atoms with Crippen LogP contribution in [0.15, 0.2) is 25.6 Å². The normalized spacial score (nSPS) is 13.9. The Labute approximate surface area is 149 Å². The highest BCUT2D eigenvalue weighted by Crippen LogP contribution is 2.38. The standard InChI is InChI=1S/C18H20N4O4/c1-10-14(11(2)25-21-10)9-13-5-6-15(24-13)17(23)19-8-7-16-20-18(26-22-16)12-3-4-12/h5-6,12H,3-4,7-9H2,1-2H3,(H,19,23). The van der Waals surface area contributed by atoms with E-state index in [2.05, 4.69) is 20.6 Å². The van der Waals surface area contributed by atoms with E-state index < -0.39 is 0 Å². The number of furan rings is 1. The van der Waals surface area contributed by atoms with Gasteiger partial charge in [-0.05, 0) is 38.8 Å². The Morgan fingerprint density at radius 1 is 1.23 bits per heavy atom. The van der Waals surface area contributed by atoms with Crippen LogP contribution in [0.25, 0.3) is 0 Å². The van der Waals surface area contributed by atoms with Crippen LogP contribution >= 0.6 is 0 Å².